The Morgan fingerprint density at radius 1 is 0.882 bits per heavy atom. The highest BCUT2D eigenvalue weighted by Gasteiger charge is 2.24. The van der Waals surface area contributed by atoms with Crippen LogP contribution >= 0.6 is 0 Å². The molecule has 0 saturated carbocycles. The van der Waals surface area contributed by atoms with Crippen molar-refractivity contribution >= 4 is 0 Å². The van der Waals surface area contributed by atoms with Gasteiger partial charge in [0.05, 0.1) is 12.2 Å². The Morgan fingerprint density at radius 2 is 1.29 bits per heavy atom. The van der Waals surface area contributed by atoms with Gasteiger partial charge in [-0.05, 0) is 37.8 Å². The third kappa shape index (κ3) is 7.02. The van der Waals surface area contributed by atoms with Gasteiger partial charge in [-0.1, -0.05) is 27.7 Å². The van der Waals surface area contributed by atoms with Gasteiger partial charge in [-0.25, -0.2) is 0 Å². The van der Waals surface area contributed by atoms with E-state index in [1.807, 2.05) is 0 Å². The number of ether oxygens (including phenoxy) is 1. The zero-order chi connectivity index (χ0) is 12.7. The average molecular weight is 242 g/mol. The first kappa shape index (κ1) is 14.9. The van der Waals surface area contributed by atoms with Crippen molar-refractivity contribution in [3.63, 3.8) is 0 Å². The molecule has 0 aliphatic carbocycles. The molecule has 0 amide bonds. The zero-order valence-electron chi connectivity index (χ0n) is 12.0. The molecule has 0 bridgehead atoms. The van der Waals surface area contributed by atoms with Gasteiger partial charge in [-0.2, -0.15) is 0 Å². The summed E-state index contributed by atoms with van der Waals surface area (Å²) in [5, 5.41) is 6.95. The van der Waals surface area contributed by atoms with Crippen LogP contribution in [0.25, 0.3) is 0 Å². The topological polar surface area (TPSA) is 33.3 Å². The van der Waals surface area contributed by atoms with Crippen molar-refractivity contribution in [1.82, 2.24) is 10.6 Å². The van der Waals surface area contributed by atoms with Crippen molar-refractivity contribution in [2.45, 2.75) is 52.7 Å². The number of hydrogen-bond acceptors (Lipinski definition) is 3. The molecule has 1 saturated heterocycles. The van der Waals surface area contributed by atoms with Gasteiger partial charge in [-0.15, -0.1) is 0 Å². The molecule has 0 aromatic heterocycles. The lowest BCUT2D eigenvalue weighted by molar-refractivity contribution is 0.0452. The van der Waals surface area contributed by atoms with Gasteiger partial charge in [0, 0.05) is 13.1 Å². The van der Waals surface area contributed by atoms with E-state index in [1.54, 1.807) is 0 Å². The molecule has 0 aromatic carbocycles. The second-order valence-electron chi connectivity index (χ2n) is 6.06. The highest BCUT2D eigenvalue weighted by atomic mass is 16.5. The average Bonchev–Trinajstić information content (AvgIpc) is 2.65. The smallest absolute Gasteiger partial charge is 0.0704 e. The monoisotopic (exact) mass is 242 g/mol. The van der Waals surface area contributed by atoms with Crippen LogP contribution in [0.5, 0.6) is 0 Å². The minimum absolute atomic E-state index is 0.430. The van der Waals surface area contributed by atoms with Crippen LogP contribution in [-0.4, -0.2) is 38.4 Å². The molecule has 0 radical (unpaired) electrons. The highest BCUT2D eigenvalue weighted by molar-refractivity contribution is 4.77. The minimum Gasteiger partial charge on any atom is -0.372 e. The largest absolute Gasteiger partial charge is 0.372 e. The number of rotatable bonds is 8. The summed E-state index contributed by atoms with van der Waals surface area (Å²) in [4.78, 5) is 0. The van der Waals surface area contributed by atoms with E-state index in [0.29, 0.717) is 12.2 Å². The molecule has 3 nitrogen and oxygen atoms in total. The molecular formula is C14H30N2O. The Morgan fingerprint density at radius 3 is 1.65 bits per heavy atom. The molecule has 1 fully saturated rings. The van der Waals surface area contributed by atoms with Crippen molar-refractivity contribution in [2.75, 3.05) is 26.2 Å². The van der Waals surface area contributed by atoms with Gasteiger partial charge < -0.3 is 15.4 Å². The molecular weight excluding hydrogens is 212 g/mol. The second kappa shape index (κ2) is 8.06. The van der Waals surface area contributed by atoms with Crippen LogP contribution in [-0.2, 0) is 4.74 Å². The summed E-state index contributed by atoms with van der Waals surface area (Å²) in [6.07, 6.45) is 3.28. The summed E-state index contributed by atoms with van der Waals surface area (Å²) in [6.45, 7) is 13.2. The Bertz CT molecular complexity index is 175. The van der Waals surface area contributed by atoms with Crippen molar-refractivity contribution in [3.05, 3.63) is 0 Å². The maximum atomic E-state index is 6.00. The summed E-state index contributed by atoms with van der Waals surface area (Å²) in [6, 6.07) is 0. The minimum atomic E-state index is 0.430. The molecule has 1 aliphatic heterocycles. The summed E-state index contributed by atoms with van der Waals surface area (Å²) in [5.74, 6) is 1.44. The van der Waals surface area contributed by atoms with Gasteiger partial charge in [0.15, 0.2) is 0 Å². The fraction of sp³-hybridized carbons (Fsp3) is 1.00. The van der Waals surface area contributed by atoms with Crippen LogP contribution in [0.4, 0.5) is 0 Å². The maximum absolute atomic E-state index is 6.00. The van der Waals surface area contributed by atoms with E-state index in [2.05, 4.69) is 38.3 Å². The molecule has 1 rings (SSSR count). The molecule has 17 heavy (non-hydrogen) atoms. The van der Waals surface area contributed by atoms with Crippen molar-refractivity contribution in [2.24, 2.45) is 11.8 Å². The van der Waals surface area contributed by atoms with Crippen molar-refractivity contribution in [3.8, 4) is 0 Å². The molecule has 1 aliphatic rings. The molecule has 1 heterocycles. The normalized spacial score (nSPS) is 25.1. The van der Waals surface area contributed by atoms with Gasteiger partial charge in [-0.3, -0.25) is 0 Å². The predicted octanol–water partition coefficient (Wildman–Crippen LogP) is 2.03. The lowest BCUT2D eigenvalue weighted by Gasteiger charge is -2.16. The van der Waals surface area contributed by atoms with Crippen LogP contribution in [0.3, 0.4) is 0 Å². The predicted molar refractivity (Wildman–Crippen MR) is 73.3 cm³/mol. The first-order valence-corrected chi connectivity index (χ1v) is 7.14. The summed E-state index contributed by atoms with van der Waals surface area (Å²) >= 11 is 0. The molecule has 3 heteroatoms. The molecule has 0 unspecified atom stereocenters. The van der Waals surface area contributed by atoms with Crippen molar-refractivity contribution < 1.29 is 4.74 Å². The summed E-state index contributed by atoms with van der Waals surface area (Å²) < 4.78 is 6.00. The molecule has 2 atom stereocenters. The fourth-order valence-corrected chi connectivity index (χ4v) is 2.15. The third-order valence-corrected chi connectivity index (χ3v) is 3.04. The lowest BCUT2D eigenvalue weighted by Crippen LogP contribution is -2.33. The Kier molecular flexibility index (Phi) is 7.09. The highest BCUT2D eigenvalue weighted by Crippen LogP contribution is 2.18. The van der Waals surface area contributed by atoms with E-state index in [0.717, 1.165) is 38.0 Å². The Hall–Kier alpha value is -0.120. The van der Waals surface area contributed by atoms with E-state index in [4.69, 9.17) is 4.74 Å². The van der Waals surface area contributed by atoms with E-state index in [1.165, 1.54) is 12.8 Å². The zero-order valence-corrected chi connectivity index (χ0v) is 12.0. The molecule has 0 aromatic rings. The first-order valence-electron chi connectivity index (χ1n) is 7.14. The van der Waals surface area contributed by atoms with Crippen LogP contribution in [0.1, 0.15) is 40.5 Å². The van der Waals surface area contributed by atoms with Crippen molar-refractivity contribution in [1.29, 1.82) is 0 Å². The van der Waals surface area contributed by atoms with Crippen LogP contribution in [0, 0.1) is 11.8 Å². The summed E-state index contributed by atoms with van der Waals surface area (Å²) in [5.41, 5.74) is 0. The lowest BCUT2D eigenvalue weighted by atomic mass is 10.1. The van der Waals surface area contributed by atoms with E-state index < -0.39 is 0 Å². The Balaban J connectivity index is 2.02. The second-order valence-corrected chi connectivity index (χ2v) is 6.06. The van der Waals surface area contributed by atoms with Gasteiger partial charge in [0.1, 0.15) is 0 Å². The third-order valence-electron chi connectivity index (χ3n) is 3.04. The molecule has 2 N–H and O–H groups in total. The standard InChI is InChI=1S/C14H30N2O/c1-11(2)7-15-9-13-5-6-14(17-13)10-16-8-12(3)4/h11-16H,5-10H2,1-4H3/t13-,14+. The Labute approximate surface area is 107 Å². The number of nitrogens with one attached hydrogen (secondary N) is 2. The summed E-state index contributed by atoms with van der Waals surface area (Å²) in [7, 11) is 0. The van der Waals surface area contributed by atoms with Crippen LogP contribution in [0.2, 0.25) is 0 Å². The molecule has 102 valence electrons. The number of hydrogen-bond donors (Lipinski definition) is 2. The van der Waals surface area contributed by atoms with Crippen LogP contribution < -0.4 is 10.6 Å². The van der Waals surface area contributed by atoms with Crippen LogP contribution in [0.15, 0.2) is 0 Å². The quantitative estimate of drug-likeness (QED) is 0.683. The molecule has 0 spiro atoms. The van der Waals surface area contributed by atoms with Gasteiger partial charge >= 0.3 is 0 Å². The SMILES string of the molecule is CC(C)CNC[C@H]1CC[C@@H](CNCC(C)C)O1. The van der Waals surface area contributed by atoms with Gasteiger partial charge in [0.25, 0.3) is 0 Å². The van der Waals surface area contributed by atoms with E-state index in [9.17, 15) is 0 Å². The van der Waals surface area contributed by atoms with Gasteiger partial charge in [0.2, 0.25) is 0 Å². The maximum Gasteiger partial charge on any atom is 0.0704 e. The fourth-order valence-electron chi connectivity index (χ4n) is 2.15. The van der Waals surface area contributed by atoms with E-state index >= 15 is 0 Å². The first-order chi connectivity index (χ1) is 8.08. The van der Waals surface area contributed by atoms with E-state index in [-0.39, 0.29) is 0 Å².